The molecule has 2 heterocycles. The molecule has 4 rings (SSSR count). The van der Waals surface area contributed by atoms with E-state index in [2.05, 4.69) is 10.2 Å². The highest BCUT2D eigenvalue weighted by Gasteiger charge is 2.35. The first-order valence-electron chi connectivity index (χ1n) is 7.29. The van der Waals surface area contributed by atoms with E-state index in [0.29, 0.717) is 11.1 Å². The molecule has 0 bridgehead atoms. The van der Waals surface area contributed by atoms with Crippen molar-refractivity contribution in [3.8, 4) is 0 Å². The Morgan fingerprint density at radius 3 is 2.82 bits per heavy atom. The van der Waals surface area contributed by atoms with Gasteiger partial charge in [-0.05, 0) is 42.2 Å². The second kappa shape index (κ2) is 4.80. The summed E-state index contributed by atoms with van der Waals surface area (Å²) in [5.41, 5.74) is 3.25. The average molecular weight is 300 g/mol. The van der Waals surface area contributed by atoms with E-state index in [1.807, 2.05) is 12.1 Å². The molecular formula is C17H14F2N2O. The minimum Gasteiger partial charge on any atom is -0.347 e. The Hall–Kier alpha value is -2.43. The first kappa shape index (κ1) is 13.2. The molecule has 0 aliphatic carbocycles. The molecule has 22 heavy (non-hydrogen) atoms. The Morgan fingerprint density at radius 2 is 2.00 bits per heavy atom. The molecule has 0 fully saturated rings. The van der Waals surface area contributed by atoms with Crippen molar-refractivity contribution in [2.45, 2.75) is 19.0 Å². The van der Waals surface area contributed by atoms with Crippen LogP contribution in [0.4, 0.5) is 14.5 Å². The van der Waals surface area contributed by atoms with Gasteiger partial charge in [0.05, 0.1) is 11.3 Å². The fraction of sp³-hybridized carbons (Fsp3) is 0.235. The van der Waals surface area contributed by atoms with Gasteiger partial charge in [-0.25, -0.2) is 8.78 Å². The summed E-state index contributed by atoms with van der Waals surface area (Å²) in [6.07, 6.45) is 1.43. The van der Waals surface area contributed by atoms with Gasteiger partial charge in [0.25, 0.3) is 5.91 Å². The number of carbonyl (C=O) groups excluding carboxylic acids is 1. The number of nitrogens with zero attached hydrogens (tertiary/aromatic N) is 1. The van der Waals surface area contributed by atoms with Crippen LogP contribution in [0, 0.1) is 11.6 Å². The van der Waals surface area contributed by atoms with Crippen LogP contribution in [0.2, 0.25) is 0 Å². The number of hydrogen-bond acceptors (Lipinski definition) is 2. The van der Waals surface area contributed by atoms with Crippen LogP contribution in [0.5, 0.6) is 0 Å². The maximum Gasteiger partial charge on any atom is 0.255 e. The van der Waals surface area contributed by atoms with Gasteiger partial charge in [0.1, 0.15) is 6.17 Å². The molecule has 2 aromatic rings. The number of rotatable bonds is 1. The van der Waals surface area contributed by atoms with Gasteiger partial charge in [-0.1, -0.05) is 18.2 Å². The Morgan fingerprint density at radius 1 is 1.14 bits per heavy atom. The molecular weight excluding hydrogens is 286 g/mol. The minimum absolute atomic E-state index is 0.176. The van der Waals surface area contributed by atoms with Crippen molar-refractivity contribution in [2.24, 2.45) is 0 Å². The first-order valence-corrected chi connectivity index (χ1v) is 7.29. The second-order valence-corrected chi connectivity index (χ2v) is 5.66. The topological polar surface area (TPSA) is 32.3 Å². The number of carbonyl (C=O) groups is 1. The predicted molar refractivity (Wildman–Crippen MR) is 78.7 cm³/mol. The van der Waals surface area contributed by atoms with Gasteiger partial charge in [-0.3, -0.25) is 4.79 Å². The molecule has 0 radical (unpaired) electrons. The zero-order valence-corrected chi connectivity index (χ0v) is 11.8. The Balaban J connectivity index is 1.84. The maximum absolute atomic E-state index is 13.5. The summed E-state index contributed by atoms with van der Waals surface area (Å²) in [4.78, 5) is 14.4. The van der Waals surface area contributed by atoms with Crippen LogP contribution in [0.3, 0.4) is 0 Å². The quantitative estimate of drug-likeness (QED) is 0.877. The Bertz CT molecular complexity index is 775. The standard InChI is InChI=1S/C17H14F2N2O/c18-13-7-6-11(9-14(13)19)16-20-17(22)12-5-1-3-10-4-2-8-21(16)15(10)12/h1,3,5-7,9,16H,2,4,8H2,(H,20,22)/t16-/m1/s1. The largest absolute Gasteiger partial charge is 0.347 e. The summed E-state index contributed by atoms with van der Waals surface area (Å²) >= 11 is 0. The van der Waals surface area contributed by atoms with Crippen LogP contribution < -0.4 is 10.2 Å². The van der Waals surface area contributed by atoms with E-state index in [1.54, 1.807) is 6.07 Å². The number of nitrogens with one attached hydrogen (secondary N) is 1. The number of para-hydroxylation sites is 1. The summed E-state index contributed by atoms with van der Waals surface area (Å²) in [7, 11) is 0. The van der Waals surface area contributed by atoms with E-state index >= 15 is 0 Å². The molecule has 2 aromatic carbocycles. The monoisotopic (exact) mass is 300 g/mol. The van der Waals surface area contributed by atoms with Gasteiger partial charge >= 0.3 is 0 Å². The summed E-state index contributed by atoms with van der Waals surface area (Å²) in [6.45, 7) is 0.772. The molecule has 1 amide bonds. The third kappa shape index (κ3) is 1.89. The number of hydrogen-bond donors (Lipinski definition) is 1. The normalized spacial score (nSPS) is 19.6. The molecule has 2 aliphatic rings. The van der Waals surface area contributed by atoms with Crippen LogP contribution in [0.25, 0.3) is 0 Å². The molecule has 0 unspecified atom stereocenters. The smallest absolute Gasteiger partial charge is 0.255 e. The van der Waals surface area contributed by atoms with Gasteiger partial charge in [-0.2, -0.15) is 0 Å². The molecule has 0 spiro atoms. The molecule has 1 N–H and O–H groups in total. The van der Waals surface area contributed by atoms with Gasteiger partial charge in [0.15, 0.2) is 11.6 Å². The molecule has 5 heteroatoms. The number of benzene rings is 2. The fourth-order valence-corrected chi connectivity index (χ4v) is 3.35. The van der Waals surface area contributed by atoms with Crippen molar-refractivity contribution in [3.63, 3.8) is 0 Å². The minimum atomic E-state index is -0.900. The van der Waals surface area contributed by atoms with E-state index in [1.165, 1.54) is 6.07 Å². The molecule has 0 saturated carbocycles. The zero-order chi connectivity index (χ0) is 15.3. The van der Waals surface area contributed by atoms with Crippen LogP contribution in [-0.2, 0) is 6.42 Å². The summed E-state index contributed by atoms with van der Waals surface area (Å²) in [6, 6.07) is 9.48. The van der Waals surface area contributed by atoms with Gasteiger partial charge in [0, 0.05) is 6.54 Å². The van der Waals surface area contributed by atoms with Crippen molar-refractivity contribution in [3.05, 3.63) is 64.7 Å². The number of aryl methyl sites for hydroxylation is 1. The van der Waals surface area contributed by atoms with Crippen molar-refractivity contribution < 1.29 is 13.6 Å². The highest BCUT2D eigenvalue weighted by Crippen LogP contribution is 2.39. The molecule has 0 saturated heterocycles. The van der Waals surface area contributed by atoms with Gasteiger partial charge in [-0.15, -0.1) is 0 Å². The molecule has 112 valence electrons. The lowest BCUT2D eigenvalue weighted by atomic mass is 9.93. The highest BCUT2D eigenvalue weighted by molar-refractivity contribution is 6.03. The van der Waals surface area contributed by atoms with Crippen LogP contribution in [0.15, 0.2) is 36.4 Å². The van der Waals surface area contributed by atoms with Crippen LogP contribution in [0.1, 0.15) is 34.1 Å². The summed E-state index contributed by atoms with van der Waals surface area (Å²) < 4.78 is 26.7. The van der Waals surface area contributed by atoms with E-state index in [9.17, 15) is 13.6 Å². The van der Waals surface area contributed by atoms with E-state index in [4.69, 9.17) is 0 Å². The summed E-state index contributed by atoms with van der Waals surface area (Å²) in [5, 5.41) is 2.90. The lowest BCUT2D eigenvalue weighted by molar-refractivity contribution is 0.0925. The number of halogens is 2. The van der Waals surface area contributed by atoms with E-state index in [0.717, 1.165) is 42.8 Å². The third-order valence-electron chi connectivity index (χ3n) is 4.34. The van der Waals surface area contributed by atoms with Crippen LogP contribution in [-0.4, -0.2) is 12.5 Å². The predicted octanol–water partition coefficient (Wildman–Crippen LogP) is 3.16. The second-order valence-electron chi connectivity index (χ2n) is 5.66. The highest BCUT2D eigenvalue weighted by atomic mass is 19.2. The Kier molecular flexibility index (Phi) is 2.89. The first-order chi connectivity index (χ1) is 10.6. The maximum atomic E-state index is 13.5. The lowest BCUT2D eigenvalue weighted by Gasteiger charge is -2.42. The van der Waals surface area contributed by atoms with Gasteiger partial charge < -0.3 is 10.2 Å². The fourth-order valence-electron chi connectivity index (χ4n) is 3.35. The molecule has 3 nitrogen and oxygen atoms in total. The van der Waals surface area contributed by atoms with Crippen molar-refractivity contribution in [2.75, 3.05) is 11.4 Å². The van der Waals surface area contributed by atoms with Gasteiger partial charge in [0.2, 0.25) is 0 Å². The zero-order valence-electron chi connectivity index (χ0n) is 11.8. The SMILES string of the molecule is O=C1N[C@@H](c2ccc(F)c(F)c2)N2CCCc3cccc1c32. The van der Waals surface area contributed by atoms with Crippen molar-refractivity contribution in [1.29, 1.82) is 0 Å². The average Bonchev–Trinajstić information content (AvgIpc) is 2.53. The van der Waals surface area contributed by atoms with Crippen molar-refractivity contribution >= 4 is 11.6 Å². The number of anilines is 1. The van der Waals surface area contributed by atoms with Crippen molar-refractivity contribution in [1.82, 2.24) is 5.32 Å². The van der Waals surface area contributed by atoms with Crippen LogP contribution >= 0.6 is 0 Å². The number of amides is 1. The molecule has 0 aromatic heterocycles. The van der Waals surface area contributed by atoms with E-state index < -0.39 is 17.8 Å². The third-order valence-corrected chi connectivity index (χ3v) is 4.34. The van der Waals surface area contributed by atoms with E-state index in [-0.39, 0.29) is 5.91 Å². The lowest BCUT2D eigenvalue weighted by Crippen LogP contribution is -2.48. The Labute approximate surface area is 126 Å². The molecule has 1 atom stereocenters. The summed E-state index contributed by atoms with van der Waals surface area (Å²) in [5.74, 6) is -1.96. The molecule has 2 aliphatic heterocycles.